The van der Waals surface area contributed by atoms with Crippen LogP contribution in [0.1, 0.15) is 78.8 Å². The molecule has 0 saturated carbocycles. The third-order valence-electron chi connectivity index (χ3n) is 16.8. The van der Waals surface area contributed by atoms with Gasteiger partial charge in [-0.1, -0.05) is 200 Å². The van der Waals surface area contributed by atoms with E-state index >= 15 is 4.79 Å². The molecule has 3 saturated heterocycles. The predicted octanol–water partition coefficient (Wildman–Crippen LogP) is 10.9. The van der Waals surface area contributed by atoms with Crippen LogP contribution in [0.25, 0.3) is 0 Å². The first-order valence-electron chi connectivity index (χ1n) is 32.9. The molecule has 12 rings (SSSR count). The molecule has 0 spiro atoms. The summed E-state index contributed by atoms with van der Waals surface area (Å²) in [5.41, 5.74) is 2.84. The topological polar surface area (TPSA) is 252 Å². The summed E-state index contributed by atoms with van der Waals surface area (Å²) in [6.07, 6.45) is -22.6. The molecule has 0 unspecified atom stereocenters. The second-order valence-electron chi connectivity index (χ2n) is 23.7. The minimum absolute atomic E-state index is 0.0000428. The Labute approximate surface area is 582 Å². The highest BCUT2D eigenvalue weighted by atomic mass is 16.8. The minimum atomic E-state index is -1.95. The van der Waals surface area contributed by atoms with Crippen LogP contribution in [0.15, 0.2) is 273 Å². The molecule has 0 bridgehead atoms. The number of carbonyl (C=O) groups excluding carboxylic acids is 6. The Morgan fingerprint density at radius 3 is 0.911 bits per heavy atom. The molecule has 3 fully saturated rings. The number of ether oxygens (including phenoxy) is 14. The summed E-state index contributed by atoms with van der Waals surface area (Å²) in [5.74, 6) is -5.43. The van der Waals surface area contributed by atoms with Crippen molar-refractivity contribution in [3.8, 4) is 0 Å². The highest BCUT2D eigenvalue weighted by Crippen LogP contribution is 2.38. The van der Waals surface area contributed by atoms with Crippen molar-refractivity contribution in [1.82, 2.24) is 0 Å². The van der Waals surface area contributed by atoms with Gasteiger partial charge >= 0.3 is 35.8 Å². The molecule has 518 valence electrons. The van der Waals surface area contributed by atoms with Crippen LogP contribution in [-0.2, 0) is 86.1 Å². The van der Waals surface area contributed by atoms with E-state index in [0.29, 0.717) is 0 Å². The molecular weight excluding hydrogens is 1300 g/mol. The Morgan fingerprint density at radius 1 is 0.267 bits per heavy atom. The van der Waals surface area contributed by atoms with Gasteiger partial charge in [-0.15, -0.1) is 0 Å². The molecule has 0 aromatic heterocycles. The summed E-state index contributed by atoms with van der Waals surface area (Å²) in [6, 6.07) is 75.6. The molecule has 0 aliphatic carbocycles. The van der Waals surface area contributed by atoms with Crippen LogP contribution in [-0.4, -0.2) is 147 Å². The standard InChI is InChI=1S/C80H72O21/c81-72(55-34-16-4-17-35-55)91-49-62-65(97-74(83)57-38-20-6-21-39-57)68(101-80-70(99-76(85)59-42-24-8-25-43-59)66(98-75(84)58-40-22-7-23-41-58)63(96-80)50-92-73(82)56-36-18-5-19-37-56)71(100-77(86)60-44-26-9-27-45-60)79(95-62)93-51-61-64(88-46-52-28-10-1-11-29-52)67(89-47-53-30-12-2-13-31-53)69(78(87)94-61)90-48-54-32-14-3-15-33-54/h1-45,61-71,78-80,87H,46-51H2/t61-,62-,63+,64+,65+,66+,67+,68+,69-,70-,71-,78-,79-,80+/m1/s1. The zero-order valence-electron chi connectivity index (χ0n) is 54.4. The van der Waals surface area contributed by atoms with Gasteiger partial charge in [-0.05, 0) is 89.5 Å². The summed E-state index contributed by atoms with van der Waals surface area (Å²) in [4.78, 5) is 86.8. The second-order valence-corrected chi connectivity index (χ2v) is 23.7. The summed E-state index contributed by atoms with van der Waals surface area (Å²) < 4.78 is 91.9. The summed E-state index contributed by atoms with van der Waals surface area (Å²) in [6.45, 7) is -1.87. The van der Waals surface area contributed by atoms with Crippen molar-refractivity contribution >= 4 is 35.8 Å². The molecule has 3 aliphatic rings. The van der Waals surface area contributed by atoms with E-state index in [0.717, 1.165) is 16.7 Å². The lowest BCUT2D eigenvalue weighted by molar-refractivity contribution is -0.347. The maximum atomic E-state index is 15.0. The van der Waals surface area contributed by atoms with Crippen LogP contribution in [0.2, 0.25) is 0 Å². The lowest BCUT2D eigenvalue weighted by Crippen LogP contribution is -2.65. The fourth-order valence-corrected chi connectivity index (χ4v) is 11.7. The average Bonchev–Trinajstić information content (AvgIpc) is 1.76. The SMILES string of the molecule is O=C(OC[C@@H]1O[C@@H](O[C@H]2[C@@H](OC(=O)c3ccccc3)[C@@H](COC(=O)c3ccccc3)O[C@@H](OC[C@H]3O[C@@H](O)[C@H](OCc4ccccc4)[C@@H](OCc4ccccc4)[C@H]3OCc3ccccc3)[C@@H]2OC(=O)c2ccccc2)[C@H](OC(=O)c2ccccc2)[C@H]1OC(=O)c1ccccc1)c1ccccc1. The fraction of sp³-hybridized carbons (Fsp3) is 0.250. The highest BCUT2D eigenvalue weighted by molar-refractivity contribution is 5.92. The first kappa shape index (κ1) is 70.3. The molecule has 101 heavy (non-hydrogen) atoms. The molecule has 9 aromatic rings. The number of benzene rings is 9. The molecule has 14 atom stereocenters. The normalized spacial score (nSPS) is 23.9. The molecule has 0 radical (unpaired) electrons. The van der Waals surface area contributed by atoms with Gasteiger partial charge in [0, 0.05) is 0 Å². The summed E-state index contributed by atoms with van der Waals surface area (Å²) in [5, 5.41) is 12.3. The minimum Gasteiger partial charge on any atom is -0.459 e. The van der Waals surface area contributed by atoms with Crippen molar-refractivity contribution in [3.05, 3.63) is 323 Å². The summed E-state index contributed by atoms with van der Waals surface area (Å²) >= 11 is 0. The predicted molar refractivity (Wildman–Crippen MR) is 360 cm³/mol. The van der Waals surface area contributed by atoms with Gasteiger partial charge in [0.2, 0.25) is 0 Å². The Hall–Kier alpha value is -10.6. The molecule has 3 aliphatic heterocycles. The van der Waals surface area contributed by atoms with E-state index in [1.54, 1.807) is 109 Å². The van der Waals surface area contributed by atoms with Crippen molar-refractivity contribution < 1.29 is 100 Å². The number of rotatable bonds is 28. The maximum absolute atomic E-state index is 15.0. The van der Waals surface area contributed by atoms with E-state index in [9.17, 15) is 29.1 Å². The molecule has 3 heterocycles. The van der Waals surface area contributed by atoms with Gasteiger partial charge in [-0.3, -0.25) is 0 Å². The van der Waals surface area contributed by atoms with Crippen molar-refractivity contribution in [3.63, 3.8) is 0 Å². The summed E-state index contributed by atoms with van der Waals surface area (Å²) in [7, 11) is 0. The fourth-order valence-electron chi connectivity index (χ4n) is 11.7. The van der Waals surface area contributed by atoms with Crippen molar-refractivity contribution in [2.24, 2.45) is 0 Å². The Morgan fingerprint density at radius 2 is 0.545 bits per heavy atom. The van der Waals surface area contributed by atoms with E-state index in [4.69, 9.17) is 66.3 Å². The van der Waals surface area contributed by atoms with Crippen LogP contribution in [0.4, 0.5) is 0 Å². The average molecular weight is 1370 g/mol. The lowest BCUT2D eigenvalue weighted by Gasteiger charge is -2.47. The van der Waals surface area contributed by atoms with Gasteiger partial charge in [0.25, 0.3) is 0 Å². The largest absolute Gasteiger partial charge is 0.459 e. The van der Waals surface area contributed by atoms with Crippen molar-refractivity contribution in [2.75, 3.05) is 19.8 Å². The van der Waals surface area contributed by atoms with Gasteiger partial charge < -0.3 is 71.4 Å². The number of hydrogen-bond donors (Lipinski definition) is 1. The van der Waals surface area contributed by atoms with Crippen LogP contribution >= 0.6 is 0 Å². The molecule has 21 nitrogen and oxygen atoms in total. The third-order valence-corrected chi connectivity index (χ3v) is 16.8. The van der Waals surface area contributed by atoms with Crippen LogP contribution in [0, 0.1) is 0 Å². The van der Waals surface area contributed by atoms with Crippen molar-refractivity contribution in [2.45, 2.75) is 106 Å². The first-order valence-corrected chi connectivity index (χ1v) is 32.9. The number of esters is 6. The molecular formula is C80H72O21. The monoisotopic (exact) mass is 1370 g/mol. The van der Waals surface area contributed by atoms with Gasteiger partial charge in [0.05, 0.1) is 59.8 Å². The van der Waals surface area contributed by atoms with Gasteiger partial charge in [-0.2, -0.15) is 0 Å². The Balaban J connectivity index is 0.968. The second kappa shape index (κ2) is 35.0. The van der Waals surface area contributed by atoms with Gasteiger partial charge in [0.15, 0.2) is 43.3 Å². The van der Waals surface area contributed by atoms with Crippen molar-refractivity contribution in [1.29, 1.82) is 0 Å². The van der Waals surface area contributed by atoms with Gasteiger partial charge in [-0.25, -0.2) is 28.8 Å². The lowest BCUT2D eigenvalue weighted by atomic mass is 9.96. The molecule has 0 amide bonds. The van der Waals surface area contributed by atoms with Crippen LogP contribution < -0.4 is 0 Å². The Kier molecular flexibility index (Phi) is 24.3. The van der Waals surface area contributed by atoms with Crippen LogP contribution in [0.5, 0.6) is 0 Å². The smallest absolute Gasteiger partial charge is 0.338 e. The molecule has 21 heteroatoms. The van der Waals surface area contributed by atoms with E-state index in [2.05, 4.69) is 0 Å². The number of aliphatic hydroxyl groups excluding tert-OH is 1. The number of hydrogen-bond acceptors (Lipinski definition) is 21. The van der Waals surface area contributed by atoms with E-state index < -0.39 is 142 Å². The molecule has 9 aromatic carbocycles. The van der Waals surface area contributed by atoms with E-state index in [-0.39, 0.29) is 53.2 Å². The first-order chi connectivity index (χ1) is 49.5. The van der Waals surface area contributed by atoms with Gasteiger partial charge in [0.1, 0.15) is 55.9 Å². The quantitative estimate of drug-likeness (QED) is 0.0353. The molecule has 1 N–H and O–H groups in total. The van der Waals surface area contributed by atoms with Crippen LogP contribution in [0.3, 0.4) is 0 Å². The highest BCUT2D eigenvalue weighted by Gasteiger charge is 2.59. The van der Waals surface area contributed by atoms with E-state index in [1.807, 2.05) is 91.0 Å². The van der Waals surface area contributed by atoms with E-state index in [1.165, 1.54) is 72.8 Å². The zero-order valence-corrected chi connectivity index (χ0v) is 54.4. The maximum Gasteiger partial charge on any atom is 0.338 e. The number of carbonyl (C=O) groups is 6. The Bertz CT molecular complexity index is 4090. The zero-order chi connectivity index (χ0) is 69.7. The number of aliphatic hydroxyl groups is 1. The third kappa shape index (κ3) is 18.7.